The summed E-state index contributed by atoms with van der Waals surface area (Å²) < 4.78 is 17.0. The number of benzene rings is 1. The van der Waals surface area contributed by atoms with Gasteiger partial charge in [-0.1, -0.05) is 0 Å². The molecule has 0 unspecified atom stereocenters. The molecule has 7 heteroatoms. The quantitative estimate of drug-likeness (QED) is 0.808. The van der Waals surface area contributed by atoms with Gasteiger partial charge < -0.3 is 10.4 Å². The monoisotopic (exact) mass is 294 g/mol. The van der Waals surface area contributed by atoms with E-state index in [0.29, 0.717) is 16.5 Å². The van der Waals surface area contributed by atoms with Crippen LogP contribution in [0.4, 0.5) is 20.9 Å². The van der Waals surface area contributed by atoms with Gasteiger partial charge in [0.15, 0.2) is 16.6 Å². The Morgan fingerprint density at radius 3 is 2.60 bits per heavy atom. The summed E-state index contributed by atoms with van der Waals surface area (Å²) in [5, 5.41) is 15.7. The second kappa shape index (κ2) is 5.64. The van der Waals surface area contributed by atoms with Gasteiger partial charge in [-0.05, 0) is 48.6 Å². The molecule has 106 valence electrons. The van der Waals surface area contributed by atoms with E-state index in [1.807, 2.05) is 5.01 Å². The van der Waals surface area contributed by atoms with Crippen molar-refractivity contribution in [2.75, 3.05) is 23.8 Å². The molecule has 1 aromatic heterocycles. The number of hydrogen-bond acceptors (Lipinski definition) is 6. The molecular weight excluding hydrogens is 279 g/mol. The van der Waals surface area contributed by atoms with Gasteiger partial charge in [0.05, 0.1) is 0 Å². The molecule has 0 spiro atoms. The molecule has 3 N–H and O–H groups in total. The standard InChI is InChI=1S/C13H15FN4OS/c14-9-3-5-10(6-4-9)15-13-11(19)12(17-20-13)16-18-7-1-2-8-18/h3-6,15,19H,1-2,7-8H2,(H,16,17). The second-order valence-electron chi connectivity index (χ2n) is 4.65. The predicted octanol–water partition coefficient (Wildman–Crippen LogP) is 3.15. The second-order valence-corrected chi connectivity index (χ2v) is 5.42. The van der Waals surface area contributed by atoms with Gasteiger partial charge in [-0.2, -0.15) is 4.37 Å². The molecule has 2 aromatic rings. The fourth-order valence-electron chi connectivity index (χ4n) is 2.08. The Morgan fingerprint density at radius 1 is 1.20 bits per heavy atom. The van der Waals surface area contributed by atoms with E-state index in [1.165, 1.54) is 12.1 Å². The molecule has 0 radical (unpaired) electrons. The van der Waals surface area contributed by atoms with Crippen molar-refractivity contribution in [3.8, 4) is 5.75 Å². The van der Waals surface area contributed by atoms with Crippen LogP contribution < -0.4 is 10.7 Å². The summed E-state index contributed by atoms with van der Waals surface area (Å²) in [5.74, 6) is 0.258. The van der Waals surface area contributed by atoms with Gasteiger partial charge in [0.1, 0.15) is 5.82 Å². The summed E-state index contributed by atoms with van der Waals surface area (Å²) in [4.78, 5) is 0. The van der Waals surface area contributed by atoms with E-state index >= 15 is 0 Å². The first-order chi connectivity index (χ1) is 9.72. The van der Waals surface area contributed by atoms with Gasteiger partial charge in [0, 0.05) is 18.8 Å². The van der Waals surface area contributed by atoms with Crippen LogP contribution in [0.5, 0.6) is 5.75 Å². The number of halogens is 1. The molecule has 0 atom stereocenters. The molecule has 1 aromatic carbocycles. The van der Waals surface area contributed by atoms with Crippen LogP contribution in [-0.4, -0.2) is 27.6 Å². The Kier molecular flexibility index (Phi) is 3.70. The zero-order chi connectivity index (χ0) is 13.9. The van der Waals surface area contributed by atoms with Crippen molar-refractivity contribution in [3.05, 3.63) is 30.1 Å². The van der Waals surface area contributed by atoms with Crippen molar-refractivity contribution in [1.29, 1.82) is 0 Å². The summed E-state index contributed by atoms with van der Waals surface area (Å²) in [5.41, 5.74) is 3.81. The van der Waals surface area contributed by atoms with Crippen LogP contribution in [0.3, 0.4) is 0 Å². The van der Waals surface area contributed by atoms with Gasteiger partial charge in [0.25, 0.3) is 0 Å². The van der Waals surface area contributed by atoms with Crippen LogP contribution in [-0.2, 0) is 0 Å². The normalized spacial score (nSPS) is 15.4. The first-order valence-electron chi connectivity index (χ1n) is 6.45. The van der Waals surface area contributed by atoms with Crippen LogP contribution in [0.2, 0.25) is 0 Å². The van der Waals surface area contributed by atoms with Crippen molar-refractivity contribution in [2.45, 2.75) is 12.8 Å². The summed E-state index contributed by atoms with van der Waals surface area (Å²) in [6.45, 7) is 1.91. The average molecular weight is 294 g/mol. The lowest BCUT2D eigenvalue weighted by Gasteiger charge is -2.15. The predicted molar refractivity (Wildman–Crippen MR) is 77.9 cm³/mol. The summed E-state index contributed by atoms with van der Waals surface area (Å²) in [7, 11) is 0. The third kappa shape index (κ3) is 2.83. The lowest BCUT2D eigenvalue weighted by molar-refractivity contribution is 0.401. The number of nitrogens with zero attached hydrogens (tertiary/aromatic N) is 2. The number of hydrazine groups is 1. The van der Waals surface area contributed by atoms with E-state index in [1.54, 1.807) is 12.1 Å². The summed E-state index contributed by atoms with van der Waals surface area (Å²) >= 11 is 1.16. The van der Waals surface area contributed by atoms with E-state index in [2.05, 4.69) is 15.1 Å². The molecule has 0 aliphatic carbocycles. The molecule has 20 heavy (non-hydrogen) atoms. The van der Waals surface area contributed by atoms with E-state index in [4.69, 9.17) is 0 Å². The molecule has 1 aliphatic rings. The van der Waals surface area contributed by atoms with Crippen molar-refractivity contribution in [1.82, 2.24) is 9.38 Å². The van der Waals surface area contributed by atoms with Crippen LogP contribution >= 0.6 is 11.5 Å². The van der Waals surface area contributed by atoms with Crippen LogP contribution in [0.15, 0.2) is 24.3 Å². The fraction of sp³-hybridized carbons (Fsp3) is 0.308. The highest BCUT2D eigenvalue weighted by atomic mass is 32.1. The van der Waals surface area contributed by atoms with E-state index in [-0.39, 0.29) is 11.6 Å². The van der Waals surface area contributed by atoms with Crippen molar-refractivity contribution in [3.63, 3.8) is 0 Å². The molecule has 0 bridgehead atoms. The number of anilines is 3. The molecule has 1 fully saturated rings. The zero-order valence-electron chi connectivity index (χ0n) is 10.8. The van der Waals surface area contributed by atoms with Gasteiger partial charge in [-0.3, -0.25) is 5.43 Å². The minimum Gasteiger partial charge on any atom is -0.502 e. The van der Waals surface area contributed by atoms with Crippen molar-refractivity contribution >= 4 is 28.0 Å². The first-order valence-corrected chi connectivity index (χ1v) is 7.22. The minimum absolute atomic E-state index is 0.0891. The number of rotatable bonds is 4. The number of hydrogen-bond donors (Lipinski definition) is 3. The molecule has 2 heterocycles. The number of aromatic hydroxyl groups is 1. The third-order valence-corrected chi connectivity index (χ3v) is 3.89. The van der Waals surface area contributed by atoms with Crippen LogP contribution in [0.25, 0.3) is 0 Å². The highest BCUT2D eigenvalue weighted by Crippen LogP contribution is 2.38. The van der Waals surface area contributed by atoms with Gasteiger partial charge >= 0.3 is 0 Å². The number of nitrogens with one attached hydrogen (secondary N) is 2. The maximum absolute atomic E-state index is 12.8. The van der Waals surface area contributed by atoms with Crippen molar-refractivity contribution in [2.24, 2.45) is 0 Å². The first kappa shape index (κ1) is 13.1. The highest BCUT2D eigenvalue weighted by Gasteiger charge is 2.17. The largest absolute Gasteiger partial charge is 0.502 e. The Morgan fingerprint density at radius 2 is 1.90 bits per heavy atom. The average Bonchev–Trinajstić information content (AvgIpc) is 3.06. The van der Waals surface area contributed by atoms with E-state index in [0.717, 1.165) is 37.5 Å². The van der Waals surface area contributed by atoms with Gasteiger partial charge in [0.2, 0.25) is 0 Å². The summed E-state index contributed by atoms with van der Waals surface area (Å²) in [6.07, 6.45) is 2.30. The Bertz CT molecular complexity index is 581. The Balaban J connectivity index is 1.71. The SMILES string of the molecule is Oc1c(NN2CCCC2)nsc1Nc1ccc(F)cc1. The van der Waals surface area contributed by atoms with Gasteiger partial charge in [-0.15, -0.1) is 0 Å². The molecule has 1 aliphatic heterocycles. The molecule has 0 saturated carbocycles. The minimum atomic E-state index is -0.291. The zero-order valence-corrected chi connectivity index (χ0v) is 11.6. The fourth-order valence-corrected chi connectivity index (χ4v) is 2.74. The van der Waals surface area contributed by atoms with Crippen LogP contribution in [0.1, 0.15) is 12.8 Å². The van der Waals surface area contributed by atoms with E-state index in [9.17, 15) is 9.50 Å². The molecule has 0 amide bonds. The maximum atomic E-state index is 12.8. The Hall–Kier alpha value is -1.86. The van der Waals surface area contributed by atoms with Gasteiger partial charge in [-0.25, -0.2) is 9.40 Å². The topological polar surface area (TPSA) is 60.4 Å². The lowest BCUT2D eigenvalue weighted by Crippen LogP contribution is -2.26. The van der Waals surface area contributed by atoms with E-state index < -0.39 is 0 Å². The highest BCUT2D eigenvalue weighted by molar-refractivity contribution is 7.11. The number of aromatic nitrogens is 1. The summed E-state index contributed by atoms with van der Waals surface area (Å²) in [6, 6.07) is 5.96. The molecular formula is C13H15FN4OS. The smallest absolute Gasteiger partial charge is 0.198 e. The maximum Gasteiger partial charge on any atom is 0.198 e. The third-order valence-electron chi connectivity index (χ3n) is 3.14. The molecule has 5 nitrogen and oxygen atoms in total. The lowest BCUT2D eigenvalue weighted by atomic mass is 10.3. The van der Waals surface area contributed by atoms with Crippen molar-refractivity contribution < 1.29 is 9.50 Å². The van der Waals surface area contributed by atoms with Crippen LogP contribution in [0, 0.1) is 5.82 Å². The Labute approximate surface area is 120 Å². The molecule has 3 rings (SSSR count). The molecule has 1 saturated heterocycles.